The van der Waals surface area contributed by atoms with Gasteiger partial charge in [0.25, 0.3) is 11.6 Å². The fourth-order valence-corrected chi connectivity index (χ4v) is 2.45. The number of nitro groups is 1. The van der Waals surface area contributed by atoms with Gasteiger partial charge in [-0.05, 0) is 18.6 Å². The second kappa shape index (κ2) is 10.6. The molecule has 0 aliphatic carbocycles. The largest absolute Gasteiger partial charge is 0.495 e. The third kappa shape index (κ3) is 6.59. The Balaban J connectivity index is 1.86. The number of methoxy groups -OCH3 is 1. The van der Waals surface area contributed by atoms with E-state index in [0.717, 1.165) is 11.6 Å². The number of carbonyl (C=O) groups is 3. The van der Waals surface area contributed by atoms with Crippen LogP contribution in [0.5, 0.6) is 5.75 Å². The maximum atomic E-state index is 12.3. The number of benzene rings is 2. The van der Waals surface area contributed by atoms with Crippen LogP contribution in [-0.2, 0) is 25.5 Å². The van der Waals surface area contributed by atoms with Crippen LogP contribution in [0.2, 0.25) is 0 Å². The van der Waals surface area contributed by atoms with Crippen molar-refractivity contribution in [2.75, 3.05) is 19.0 Å². The lowest BCUT2D eigenvalue weighted by Gasteiger charge is -2.15. The Hall–Kier alpha value is -3.95. The molecule has 0 bridgehead atoms. The van der Waals surface area contributed by atoms with Gasteiger partial charge in [-0.2, -0.15) is 0 Å². The number of esters is 1. The van der Waals surface area contributed by atoms with E-state index in [1.807, 2.05) is 6.07 Å². The molecule has 158 valence electrons. The highest BCUT2D eigenvalue weighted by Crippen LogP contribution is 2.29. The monoisotopic (exact) mass is 415 g/mol. The fourth-order valence-electron chi connectivity index (χ4n) is 2.45. The summed E-state index contributed by atoms with van der Waals surface area (Å²) in [6, 6.07) is 12.7. The minimum atomic E-state index is -1.20. The summed E-state index contributed by atoms with van der Waals surface area (Å²) in [4.78, 5) is 46.3. The van der Waals surface area contributed by atoms with E-state index >= 15 is 0 Å². The zero-order valence-corrected chi connectivity index (χ0v) is 16.4. The van der Waals surface area contributed by atoms with Gasteiger partial charge < -0.3 is 20.1 Å². The van der Waals surface area contributed by atoms with Crippen molar-refractivity contribution in [2.45, 2.75) is 19.4 Å². The molecule has 0 unspecified atom stereocenters. The lowest BCUT2D eigenvalue weighted by molar-refractivity contribution is -0.384. The van der Waals surface area contributed by atoms with Gasteiger partial charge in [0.2, 0.25) is 5.91 Å². The Labute approximate surface area is 172 Å². The molecule has 10 heteroatoms. The maximum Gasteiger partial charge on any atom is 0.326 e. The zero-order chi connectivity index (χ0) is 22.1. The first kappa shape index (κ1) is 22.3. The van der Waals surface area contributed by atoms with E-state index in [2.05, 4.69) is 10.6 Å². The smallest absolute Gasteiger partial charge is 0.326 e. The highest BCUT2D eigenvalue weighted by molar-refractivity contribution is 5.96. The zero-order valence-electron chi connectivity index (χ0n) is 16.4. The van der Waals surface area contributed by atoms with Gasteiger partial charge in [0.15, 0.2) is 6.10 Å². The number of carbonyl (C=O) groups excluding carboxylic acids is 3. The van der Waals surface area contributed by atoms with Crippen molar-refractivity contribution in [1.29, 1.82) is 0 Å². The normalized spacial score (nSPS) is 11.1. The van der Waals surface area contributed by atoms with Crippen LogP contribution in [0.1, 0.15) is 12.5 Å². The minimum absolute atomic E-state index is 0.0655. The highest BCUT2D eigenvalue weighted by Gasteiger charge is 2.21. The minimum Gasteiger partial charge on any atom is -0.495 e. The number of hydrogen-bond donors (Lipinski definition) is 2. The molecule has 2 N–H and O–H groups in total. The van der Waals surface area contributed by atoms with Crippen molar-refractivity contribution in [1.82, 2.24) is 5.32 Å². The van der Waals surface area contributed by atoms with Gasteiger partial charge in [-0.1, -0.05) is 30.3 Å². The fraction of sp³-hybridized carbons (Fsp3) is 0.250. The molecule has 0 saturated carbocycles. The van der Waals surface area contributed by atoms with Crippen LogP contribution in [0.15, 0.2) is 48.5 Å². The van der Waals surface area contributed by atoms with E-state index in [9.17, 15) is 24.5 Å². The first-order valence-electron chi connectivity index (χ1n) is 8.93. The van der Waals surface area contributed by atoms with Gasteiger partial charge >= 0.3 is 5.97 Å². The summed E-state index contributed by atoms with van der Waals surface area (Å²) in [5.74, 6) is -1.67. The van der Waals surface area contributed by atoms with Crippen LogP contribution in [0.25, 0.3) is 0 Å². The van der Waals surface area contributed by atoms with Crippen LogP contribution < -0.4 is 15.4 Å². The quantitative estimate of drug-likeness (QED) is 0.362. The maximum absolute atomic E-state index is 12.3. The predicted octanol–water partition coefficient (Wildman–Crippen LogP) is 1.83. The number of nitrogens with one attached hydrogen (secondary N) is 2. The summed E-state index contributed by atoms with van der Waals surface area (Å²) in [6.07, 6.45) is -1.09. The van der Waals surface area contributed by atoms with Crippen LogP contribution in [0.4, 0.5) is 11.4 Å². The third-order valence-corrected chi connectivity index (χ3v) is 3.97. The molecule has 0 aromatic heterocycles. The number of hydrogen-bond acceptors (Lipinski definition) is 7. The van der Waals surface area contributed by atoms with Crippen molar-refractivity contribution >= 4 is 29.2 Å². The topological polar surface area (TPSA) is 137 Å². The molecule has 2 aromatic rings. The Morgan fingerprint density at radius 2 is 1.83 bits per heavy atom. The Morgan fingerprint density at radius 3 is 2.47 bits per heavy atom. The highest BCUT2D eigenvalue weighted by atomic mass is 16.6. The molecule has 10 nitrogen and oxygen atoms in total. The molecule has 0 saturated heterocycles. The van der Waals surface area contributed by atoms with Crippen molar-refractivity contribution < 1.29 is 28.8 Å². The van der Waals surface area contributed by atoms with Gasteiger partial charge in [-0.3, -0.25) is 24.5 Å². The van der Waals surface area contributed by atoms with Crippen molar-refractivity contribution in [2.24, 2.45) is 0 Å². The van der Waals surface area contributed by atoms with Gasteiger partial charge in [0, 0.05) is 12.1 Å². The Morgan fingerprint density at radius 1 is 1.13 bits per heavy atom. The second-order valence-corrected chi connectivity index (χ2v) is 6.20. The predicted molar refractivity (Wildman–Crippen MR) is 107 cm³/mol. The van der Waals surface area contributed by atoms with Gasteiger partial charge in [0.05, 0.1) is 24.1 Å². The third-order valence-electron chi connectivity index (χ3n) is 3.97. The number of anilines is 1. The molecule has 2 rings (SSSR count). The molecule has 0 aliphatic heterocycles. The number of non-ortho nitro benzene ring substituents is 1. The van der Waals surface area contributed by atoms with Crippen molar-refractivity contribution in [3.63, 3.8) is 0 Å². The van der Waals surface area contributed by atoms with Crippen LogP contribution in [-0.4, -0.2) is 42.5 Å². The summed E-state index contributed by atoms with van der Waals surface area (Å²) in [6.45, 7) is 0.937. The van der Waals surface area contributed by atoms with E-state index in [0.29, 0.717) is 0 Å². The molecular formula is C20H21N3O7. The summed E-state index contributed by atoms with van der Waals surface area (Å²) >= 11 is 0. The molecule has 0 fully saturated rings. The average molecular weight is 415 g/mol. The van der Waals surface area contributed by atoms with E-state index in [1.165, 1.54) is 26.2 Å². The first-order valence-corrected chi connectivity index (χ1v) is 8.93. The lowest BCUT2D eigenvalue weighted by atomic mass is 10.1. The van der Waals surface area contributed by atoms with Gasteiger partial charge in [-0.15, -0.1) is 0 Å². The molecule has 30 heavy (non-hydrogen) atoms. The molecular weight excluding hydrogens is 394 g/mol. The van der Waals surface area contributed by atoms with Crippen molar-refractivity contribution in [3.8, 4) is 5.75 Å². The standard InChI is InChI=1S/C20H21N3O7/c1-13(20(26)22-16-11-15(23(27)28)8-9-17(16)29-2)30-19(25)12-21-18(24)10-14-6-4-3-5-7-14/h3-9,11,13H,10,12H2,1-2H3,(H,21,24)(H,22,26)/t13-/m1/s1. The van der Waals surface area contributed by atoms with Crippen molar-refractivity contribution in [3.05, 3.63) is 64.2 Å². The molecule has 0 radical (unpaired) electrons. The lowest BCUT2D eigenvalue weighted by Crippen LogP contribution is -2.36. The second-order valence-electron chi connectivity index (χ2n) is 6.20. The molecule has 2 aromatic carbocycles. The van der Waals surface area contributed by atoms with Gasteiger partial charge in [-0.25, -0.2) is 0 Å². The average Bonchev–Trinajstić information content (AvgIpc) is 2.72. The number of nitrogens with zero attached hydrogens (tertiary/aromatic N) is 1. The van der Waals surface area contributed by atoms with E-state index < -0.39 is 29.4 Å². The van der Waals surface area contributed by atoms with E-state index in [1.54, 1.807) is 24.3 Å². The molecule has 0 spiro atoms. The number of rotatable bonds is 9. The Kier molecular flexibility index (Phi) is 7.86. The van der Waals surface area contributed by atoms with Crippen LogP contribution in [0, 0.1) is 10.1 Å². The molecule has 2 amide bonds. The molecule has 0 aliphatic rings. The van der Waals surface area contributed by atoms with E-state index in [-0.39, 0.29) is 29.5 Å². The summed E-state index contributed by atoms with van der Waals surface area (Å²) < 4.78 is 10.1. The van der Waals surface area contributed by atoms with E-state index in [4.69, 9.17) is 9.47 Å². The summed E-state index contributed by atoms with van der Waals surface area (Å²) in [7, 11) is 1.35. The summed E-state index contributed by atoms with van der Waals surface area (Å²) in [5.41, 5.74) is 0.620. The number of ether oxygens (including phenoxy) is 2. The number of amides is 2. The van der Waals surface area contributed by atoms with Gasteiger partial charge in [0.1, 0.15) is 12.3 Å². The van der Waals surface area contributed by atoms with Crippen LogP contribution in [0.3, 0.4) is 0 Å². The molecule has 0 heterocycles. The Bertz CT molecular complexity index is 931. The summed E-state index contributed by atoms with van der Waals surface area (Å²) in [5, 5.41) is 15.8. The number of nitro benzene ring substituents is 1. The first-order chi connectivity index (χ1) is 14.3. The SMILES string of the molecule is COc1ccc([N+](=O)[O-])cc1NC(=O)[C@@H](C)OC(=O)CNC(=O)Cc1ccccc1. The van der Waals surface area contributed by atoms with Crippen LogP contribution >= 0.6 is 0 Å². The molecule has 1 atom stereocenters.